The number of ether oxygens (including phenoxy) is 3. The van der Waals surface area contributed by atoms with E-state index >= 15 is 0 Å². The molecular weight excluding hydrogens is 433 g/mol. The van der Waals surface area contributed by atoms with Crippen molar-refractivity contribution >= 4 is 29.9 Å². The lowest BCUT2D eigenvalue weighted by atomic mass is 9.94. The molecule has 0 atom stereocenters. The van der Waals surface area contributed by atoms with E-state index in [2.05, 4.69) is 15.6 Å². The summed E-state index contributed by atoms with van der Waals surface area (Å²) in [5.74, 6) is 0.808. The Bertz CT molecular complexity index is 369. The molecule has 0 aromatic heterocycles. The van der Waals surface area contributed by atoms with Crippen molar-refractivity contribution in [1.82, 2.24) is 10.6 Å². The van der Waals surface area contributed by atoms with Gasteiger partial charge in [-0.1, -0.05) is 25.7 Å². The fraction of sp³-hybridized carbons (Fsp3) is 0.944. The third-order valence-corrected chi connectivity index (χ3v) is 5.19. The Morgan fingerprint density at radius 3 is 2.40 bits per heavy atom. The number of methoxy groups -OCH3 is 1. The van der Waals surface area contributed by atoms with Crippen LogP contribution in [-0.4, -0.2) is 64.7 Å². The van der Waals surface area contributed by atoms with Crippen molar-refractivity contribution in [3.8, 4) is 0 Å². The van der Waals surface area contributed by atoms with Crippen LogP contribution in [-0.2, 0) is 14.2 Å². The van der Waals surface area contributed by atoms with Gasteiger partial charge in [-0.3, -0.25) is 4.99 Å². The van der Waals surface area contributed by atoms with E-state index in [1.54, 1.807) is 14.2 Å². The van der Waals surface area contributed by atoms with Gasteiger partial charge in [-0.15, -0.1) is 24.0 Å². The van der Waals surface area contributed by atoms with Crippen LogP contribution in [0.1, 0.15) is 51.4 Å². The molecule has 1 aliphatic carbocycles. The van der Waals surface area contributed by atoms with Gasteiger partial charge in [-0.25, -0.2) is 0 Å². The highest BCUT2D eigenvalue weighted by molar-refractivity contribution is 14.0. The Morgan fingerprint density at radius 1 is 1.12 bits per heavy atom. The number of hydrogen-bond acceptors (Lipinski definition) is 4. The minimum absolute atomic E-state index is 0. The summed E-state index contributed by atoms with van der Waals surface area (Å²) >= 11 is 0. The first-order valence-corrected chi connectivity index (χ1v) is 9.47. The van der Waals surface area contributed by atoms with Crippen molar-refractivity contribution in [2.75, 3.05) is 47.1 Å². The van der Waals surface area contributed by atoms with Crippen molar-refractivity contribution in [1.29, 1.82) is 0 Å². The van der Waals surface area contributed by atoms with Crippen LogP contribution in [0.3, 0.4) is 0 Å². The van der Waals surface area contributed by atoms with Crippen LogP contribution in [0.5, 0.6) is 0 Å². The molecule has 1 aliphatic heterocycles. The molecule has 148 valence electrons. The van der Waals surface area contributed by atoms with Crippen LogP contribution < -0.4 is 10.6 Å². The summed E-state index contributed by atoms with van der Waals surface area (Å²) in [6.07, 6.45) is 10.0. The van der Waals surface area contributed by atoms with Crippen LogP contribution in [0.2, 0.25) is 0 Å². The second-order valence-electron chi connectivity index (χ2n) is 6.84. The number of halogens is 1. The lowest BCUT2D eigenvalue weighted by Gasteiger charge is -2.36. The van der Waals surface area contributed by atoms with E-state index in [1.807, 2.05) is 0 Å². The molecule has 1 saturated carbocycles. The molecule has 0 aromatic carbocycles. The van der Waals surface area contributed by atoms with Gasteiger partial charge in [0.2, 0.25) is 0 Å². The van der Waals surface area contributed by atoms with Crippen molar-refractivity contribution in [2.45, 2.75) is 63.1 Å². The number of rotatable bonds is 7. The number of guanidine groups is 1. The van der Waals surface area contributed by atoms with Crippen LogP contribution in [0, 0.1) is 0 Å². The van der Waals surface area contributed by atoms with E-state index in [1.165, 1.54) is 38.5 Å². The molecule has 25 heavy (non-hydrogen) atoms. The highest BCUT2D eigenvalue weighted by Crippen LogP contribution is 2.23. The van der Waals surface area contributed by atoms with Gasteiger partial charge in [0.1, 0.15) is 0 Å². The van der Waals surface area contributed by atoms with E-state index in [0.29, 0.717) is 6.10 Å². The maximum atomic E-state index is 6.01. The Kier molecular flexibility index (Phi) is 12.0. The Hall–Kier alpha value is -0.120. The lowest BCUT2D eigenvalue weighted by Crippen LogP contribution is -2.51. The zero-order valence-electron chi connectivity index (χ0n) is 15.8. The van der Waals surface area contributed by atoms with Crippen molar-refractivity contribution < 1.29 is 14.2 Å². The summed E-state index contributed by atoms with van der Waals surface area (Å²) in [4.78, 5) is 4.29. The molecule has 7 heteroatoms. The largest absolute Gasteiger partial charge is 0.381 e. The average Bonchev–Trinajstić information content (AvgIpc) is 2.91. The normalized spacial score (nSPS) is 21.9. The molecule has 0 aromatic rings. The summed E-state index contributed by atoms with van der Waals surface area (Å²) < 4.78 is 17.2. The van der Waals surface area contributed by atoms with Gasteiger partial charge in [0.25, 0.3) is 0 Å². The van der Waals surface area contributed by atoms with E-state index in [4.69, 9.17) is 14.2 Å². The fourth-order valence-corrected chi connectivity index (χ4v) is 3.47. The Morgan fingerprint density at radius 2 is 1.80 bits per heavy atom. The maximum absolute atomic E-state index is 6.01. The first kappa shape index (κ1) is 22.9. The van der Waals surface area contributed by atoms with Gasteiger partial charge in [-0.2, -0.15) is 0 Å². The minimum Gasteiger partial charge on any atom is -0.381 e. The second kappa shape index (κ2) is 13.1. The maximum Gasteiger partial charge on any atom is 0.191 e. The smallest absolute Gasteiger partial charge is 0.191 e. The molecule has 2 rings (SSSR count). The topological polar surface area (TPSA) is 64.1 Å². The predicted octanol–water partition coefficient (Wildman–Crippen LogP) is 2.70. The first-order chi connectivity index (χ1) is 11.8. The molecule has 2 fully saturated rings. The number of nitrogens with zero attached hydrogens (tertiary/aromatic N) is 1. The monoisotopic (exact) mass is 469 g/mol. The standard InChI is InChI=1S/C18H35N3O3.HI/c1-19-17(21-15-18(22-2)9-12-23-13-10-18)20-11-14-24-16-7-5-3-4-6-8-16;/h16H,3-15H2,1-2H3,(H2,19,20,21);1H. The highest BCUT2D eigenvalue weighted by Gasteiger charge is 2.32. The quantitative estimate of drug-likeness (QED) is 0.197. The second-order valence-corrected chi connectivity index (χ2v) is 6.84. The zero-order valence-corrected chi connectivity index (χ0v) is 18.2. The SMILES string of the molecule is CN=C(NCCOC1CCCCCC1)NCC1(OC)CCOCC1.I. The van der Waals surface area contributed by atoms with Crippen LogP contribution in [0.4, 0.5) is 0 Å². The van der Waals surface area contributed by atoms with E-state index in [9.17, 15) is 0 Å². The molecule has 2 N–H and O–H groups in total. The molecule has 1 heterocycles. The molecule has 0 radical (unpaired) electrons. The fourth-order valence-electron chi connectivity index (χ4n) is 3.47. The molecule has 0 amide bonds. The number of hydrogen-bond donors (Lipinski definition) is 2. The Labute approximate surface area is 169 Å². The minimum atomic E-state index is -0.146. The number of aliphatic imine (C=N–C) groups is 1. The molecular formula is C18H36IN3O3. The molecule has 2 aliphatic rings. The van der Waals surface area contributed by atoms with E-state index in [0.717, 1.165) is 51.7 Å². The van der Waals surface area contributed by atoms with Crippen molar-refractivity contribution in [3.63, 3.8) is 0 Å². The van der Waals surface area contributed by atoms with Gasteiger partial charge in [0, 0.05) is 53.3 Å². The molecule has 6 nitrogen and oxygen atoms in total. The molecule has 1 saturated heterocycles. The summed E-state index contributed by atoms with van der Waals surface area (Å²) in [6, 6.07) is 0. The van der Waals surface area contributed by atoms with Crippen molar-refractivity contribution in [2.24, 2.45) is 4.99 Å². The van der Waals surface area contributed by atoms with E-state index in [-0.39, 0.29) is 29.6 Å². The van der Waals surface area contributed by atoms with Crippen LogP contribution in [0.25, 0.3) is 0 Å². The molecule has 0 bridgehead atoms. The zero-order chi connectivity index (χ0) is 17.1. The summed E-state index contributed by atoms with van der Waals surface area (Å²) in [7, 11) is 3.58. The summed E-state index contributed by atoms with van der Waals surface area (Å²) in [6.45, 7) is 3.78. The van der Waals surface area contributed by atoms with Gasteiger partial charge in [0.05, 0.1) is 18.3 Å². The Balaban J connectivity index is 0.00000312. The van der Waals surface area contributed by atoms with E-state index < -0.39 is 0 Å². The lowest BCUT2D eigenvalue weighted by molar-refractivity contribution is -0.0855. The van der Waals surface area contributed by atoms with Gasteiger partial charge < -0.3 is 24.8 Å². The highest BCUT2D eigenvalue weighted by atomic mass is 127. The van der Waals surface area contributed by atoms with Gasteiger partial charge in [-0.05, 0) is 12.8 Å². The third-order valence-electron chi connectivity index (χ3n) is 5.19. The summed E-state index contributed by atoms with van der Waals surface area (Å²) in [5, 5.41) is 6.71. The van der Waals surface area contributed by atoms with Gasteiger partial charge in [0.15, 0.2) is 5.96 Å². The van der Waals surface area contributed by atoms with Gasteiger partial charge >= 0.3 is 0 Å². The average molecular weight is 469 g/mol. The molecule has 0 unspecified atom stereocenters. The predicted molar refractivity (Wildman–Crippen MR) is 112 cm³/mol. The van der Waals surface area contributed by atoms with Crippen LogP contribution >= 0.6 is 24.0 Å². The number of nitrogens with one attached hydrogen (secondary N) is 2. The van der Waals surface area contributed by atoms with Crippen LogP contribution in [0.15, 0.2) is 4.99 Å². The summed E-state index contributed by atoms with van der Waals surface area (Å²) in [5.41, 5.74) is -0.146. The van der Waals surface area contributed by atoms with Crippen molar-refractivity contribution in [3.05, 3.63) is 0 Å². The first-order valence-electron chi connectivity index (χ1n) is 9.47. The third kappa shape index (κ3) is 8.41. The molecule has 0 spiro atoms.